The van der Waals surface area contributed by atoms with Crippen LogP contribution in [-0.2, 0) is 9.53 Å². The van der Waals surface area contributed by atoms with Crippen LogP contribution in [0.3, 0.4) is 0 Å². The summed E-state index contributed by atoms with van der Waals surface area (Å²) in [6, 6.07) is 4.01. The van der Waals surface area contributed by atoms with E-state index < -0.39 is 0 Å². The zero-order chi connectivity index (χ0) is 11.4. The van der Waals surface area contributed by atoms with Crippen molar-refractivity contribution in [3.05, 3.63) is 24.5 Å². The van der Waals surface area contributed by atoms with Gasteiger partial charge in [-0.25, -0.2) is 0 Å². The maximum absolute atomic E-state index is 10.8. The molecular formula is C12H19ClN2O3. The first kappa shape index (κ1) is 16.7. The number of pyridine rings is 1. The molecule has 1 aliphatic rings. The maximum atomic E-state index is 10.8. The Kier molecular flexibility index (Phi) is 7.31. The lowest BCUT2D eigenvalue weighted by Gasteiger charge is -2.32. The molecule has 2 N–H and O–H groups in total. The number of hydrogen-bond donors (Lipinski definition) is 0. The van der Waals surface area contributed by atoms with Gasteiger partial charge in [-0.1, -0.05) is 0 Å². The Morgan fingerprint density at radius 2 is 1.89 bits per heavy atom. The third kappa shape index (κ3) is 4.50. The molecule has 0 atom stereocenters. The van der Waals surface area contributed by atoms with E-state index in [1.165, 1.54) is 12.6 Å². The van der Waals surface area contributed by atoms with Gasteiger partial charge < -0.3 is 15.1 Å². The SMILES string of the molecule is CC(=O)OC1CCN(c2ccncc2)CC1.Cl.O. The van der Waals surface area contributed by atoms with Gasteiger partial charge in [-0.3, -0.25) is 9.78 Å². The second-order valence-corrected chi connectivity index (χ2v) is 4.00. The van der Waals surface area contributed by atoms with E-state index in [1.54, 1.807) is 12.4 Å². The summed E-state index contributed by atoms with van der Waals surface area (Å²) in [6.45, 7) is 3.33. The molecule has 0 aliphatic carbocycles. The zero-order valence-corrected chi connectivity index (χ0v) is 11.2. The molecule has 1 saturated heterocycles. The Labute approximate surface area is 113 Å². The molecule has 1 aromatic heterocycles. The van der Waals surface area contributed by atoms with Crippen LogP contribution < -0.4 is 4.90 Å². The minimum absolute atomic E-state index is 0. The molecule has 5 nitrogen and oxygen atoms in total. The highest BCUT2D eigenvalue weighted by atomic mass is 35.5. The van der Waals surface area contributed by atoms with Crippen LogP contribution in [-0.4, -0.2) is 35.6 Å². The Hall–Kier alpha value is -1.33. The fraction of sp³-hybridized carbons (Fsp3) is 0.500. The number of esters is 1. The molecule has 0 radical (unpaired) electrons. The number of carbonyl (C=O) groups excluding carboxylic acids is 1. The molecule has 1 aliphatic heterocycles. The van der Waals surface area contributed by atoms with E-state index in [2.05, 4.69) is 9.88 Å². The second kappa shape index (κ2) is 7.89. The Bertz CT molecular complexity index is 354. The van der Waals surface area contributed by atoms with E-state index in [9.17, 15) is 4.79 Å². The van der Waals surface area contributed by atoms with Crippen LogP contribution in [0.1, 0.15) is 19.8 Å². The van der Waals surface area contributed by atoms with Gasteiger partial charge >= 0.3 is 5.97 Å². The molecular weight excluding hydrogens is 256 g/mol. The molecule has 1 fully saturated rings. The zero-order valence-electron chi connectivity index (χ0n) is 10.3. The molecule has 0 amide bonds. The molecule has 2 heterocycles. The quantitative estimate of drug-likeness (QED) is 0.760. The largest absolute Gasteiger partial charge is 0.462 e. The lowest BCUT2D eigenvalue weighted by molar-refractivity contribution is -0.147. The molecule has 1 aromatic rings. The van der Waals surface area contributed by atoms with E-state index >= 15 is 0 Å². The fourth-order valence-electron chi connectivity index (χ4n) is 2.02. The minimum Gasteiger partial charge on any atom is -0.462 e. The number of anilines is 1. The Balaban J connectivity index is 0.00000144. The lowest BCUT2D eigenvalue weighted by atomic mass is 10.1. The van der Waals surface area contributed by atoms with E-state index in [-0.39, 0.29) is 30.0 Å². The number of carbonyl (C=O) groups is 1. The predicted octanol–water partition coefficient (Wildman–Crippen LogP) is 1.21. The Morgan fingerprint density at radius 3 is 2.39 bits per heavy atom. The molecule has 0 bridgehead atoms. The fourth-order valence-corrected chi connectivity index (χ4v) is 2.02. The third-order valence-electron chi connectivity index (χ3n) is 2.80. The van der Waals surface area contributed by atoms with Crippen molar-refractivity contribution in [2.45, 2.75) is 25.9 Å². The second-order valence-electron chi connectivity index (χ2n) is 4.00. The first-order valence-electron chi connectivity index (χ1n) is 5.58. The van der Waals surface area contributed by atoms with Crippen LogP contribution in [0, 0.1) is 0 Å². The standard InChI is InChI=1S/C12H16N2O2.ClH.H2O/c1-10(15)16-12-4-8-14(9-5-12)11-2-6-13-7-3-11;;/h2-3,6-7,12H,4-5,8-9H2,1H3;1H;1H2. The van der Waals surface area contributed by atoms with Crippen molar-refractivity contribution in [1.29, 1.82) is 0 Å². The number of hydrogen-bond acceptors (Lipinski definition) is 4. The van der Waals surface area contributed by atoms with Crippen LogP contribution in [0.4, 0.5) is 5.69 Å². The summed E-state index contributed by atoms with van der Waals surface area (Å²) < 4.78 is 5.20. The maximum Gasteiger partial charge on any atom is 0.302 e. The predicted molar refractivity (Wildman–Crippen MR) is 72.1 cm³/mol. The van der Waals surface area contributed by atoms with Crippen molar-refractivity contribution >= 4 is 24.1 Å². The number of rotatable bonds is 2. The molecule has 102 valence electrons. The van der Waals surface area contributed by atoms with Crippen LogP contribution in [0.2, 0.25) is 0 Å². The summed E-state index contributed by atoms with van der Waals surface area (Å²) in [5.41, 5.74) is 1.19. The molecule has 18 heavy (non-hydrogen) atoms. The van der Waals surface area contributed by atoms with E-state index in [4.69, 9.17) is 4.74 Å². The van der Waals surface area contributed by atoms with Gasteiger partial charge in [0, 0.05) is 50.9 Å². The summed E-state index contributed by atoms with van der Waals surface area (Å²) in [4.78, 5) is 17.1. The van der Waals surface area contributed by atoms with Gasteiger partial charge in [0.2, 0.25) is 0 Å². The van der Waals surface area contributed by atoms with Crippen LogP contribution in [0.5, 0.6) is 0 Å². The number of halogens is 1. The molecule has 0 spiro atoms. The first-order chi connectivity index (χ1) is 7.75. The molecule has 2 rings (SSSR count). The van der Waals surface area contributed by atoms with Crippen molar-refractivity contribution in [3.8, 4) is 0 Å². The van der Waals surface area contributed by atoms with Crippen molar-refractivity contribution in [3.63, 3.8) is 0 Å². The summed E-state index contributed by atoms with van der Waals surface area (Å²) in [5.74, 6) is -0.178. The summed E-state index contributed by atoms with van der Waals surface area (Å²) >= 11 is 0. The summed E-state index contributed by atoms with van der Waals surface area (Å²) in [6.07, 6.45) is 5.50. The highest BCUT2D eigenvalue weighted by molar-refractivity contribution is 5.85. The van der Waals surface area contributed by atoms with Gasteiger partial charge in [0.1, 0.15) is 6.10 Å². The number of nitrogens with zero attached hydrogens (tertiary/aromatic N) is 2. The lowest BCUT2D eigenvalue weighted by Crippen LogP contribution is -2.37. The highest BCUT2D eigenvalue weighted by Gasteiger charge is 2.21. The van der Waals surface area contributed by atoms with Gasteiger partial charge in [-0.05, 0) is 12.1 Å². The average molecular weight is 275 g/mol. The topological polar surface area (TPSA) is 73.9 Å². The average Bonchev–Trinajstić information content (AvgIpc) is 2.30. The molecule has 0 aromatic carbocycles. The monoisotopic (exact) mass is 274 g/mol. The third-order valence-corrected chi connectivity index (χ3v) is 2.80. The molecule has 0 unspecified atom stereocenters. The normalized spacial score (nSPS) is 15.3. The minimum atomic E-state index is -0.178. The van der Waals surface area contributed by atoms with Gasteiger partial charge in [0.05, 0.1) is 0 Å². The highest BCUT2D eigenvalue weighted by Crippen LogP contribution is 2.20. The van der Waals surface area contributed by atoms with Crippen LogP contribution in [0.15, 0.2) is 24.5 Å². The molecule has 6 heteroatoms. The summed E-state index contributed by atoms with van der Waals surface area (Å²) in [7, 11) is 0. The first-order valence-corrected chi connectivity index (χ1v) is 5.58. The van der Waals surface area contributed by atoms with Crippen LogP contribution >= 0.6 is 12.4 Å². The van der Waals surface area contributed by atoms with E-state index in [0.717, 1.165) is 25.9 Å². The van der Waals surface area contributed by atoms with E-state index in [1.807, 2.05) is 12.1 Å². The van der Waals surface area contributed by atoms with Crippen molar-refractivity contribution in [2.75, 3.05) is 18.0 Å². The van der Waals surface area contributed by atoms with E-state index in [0.29, 0.717) is 0 Å². The van der Waals surface area contributed by atoms with Gasteiger partial charge in [0.15, 0.2) is 0 Å². The van der Waals surface area contributed by atoms with Gasteiger partial charge in [0.25, 0.3) is 0 Å². The number of piperidine rings is 1. The number of aromatic nitrogens is 1. The number of ether oxygens (including phenoxy) is 1. The summed E-state index contributed by atoms with van der Waals surface area (Å²) in [5, 5.41) is 0. The van der Waals surface area contributed by atoms with Crippen molar-refractivity contribution < 1.29 is 15.0 Å². The van der Waals surface area contributed by atoms with Crippen molar-refractivity contribution in [2.24, 2.45) is 0 Å². The van der Waals surface area contributed by atoms with Crippen LogP contribution in [0.25, 0.3) is 0 Å². The smallest absolute Gasteiger partial charge is 0.302 e. The Morgan fingerprint density at radius 1 is 1.33 bits per heavy atom. The van der Waals surface area contributed by atoms with Gasteiger partial charge in [-0.15, -0.1) is 12.4 Å². The van der Waals surface area contributed by atoms with Gasteiger partial charge in [-0.2, -0.15) is 0 Å². The van der Waals surface area contributed by atoms with Crippen molar-refractivity contribution in [1.82, 2.24) is 4.98 Å². The molecule has 0 saturated carbocycles.